The Labute approximate surface area is 206 Å². The van der Waals surface area contributed by atoms with Crippen LogP contribution < -0.4 is 4.72 Å². The third-order valence-corrected chi connectivity index (χ3v) is 7.30. The Hall–Kier alpha value is -3.58. The minimum Gasteiger partial charge on any atom is -0.460 e. The number of furan rings is 1. The van der Waals surface area contributed by atoms with Gasteiger partial charge in [0.05, 0.1) is 11.5 Å². The number of sulfonamides is 1. The quantitative estimate of drug-likeness (QED) is 0.304. The number of rotatable bonds is 6. The minimum absolute atomic E-state index is 0.0700. The molecule has 7 heteroatoms. The lowest BCUT2D eigenvalue weighted by atomic mass is 9.86. The summed E-state index contributed by atoms with van der Waals surface area (Å²) < 4.78 is 39.3. The van der Waals surface area contributed by atoms with Gasteiger partial charge in [-0.3, -0.25) is 4.72 Å². The number of aryl methyl sites for hydroxylation is 1. The first-order valence-corrected chi connectivity index (χ1v) is 12.9. The molecule has 0 spiro atoms. The summed E-state index contributed by atoms with van der Waals surface area (Å²) in [5, 5.41) is 0.641. The highest BCUT2D eigenvalue weighted by Crippen LogP contribution is 2.30. The van der Waals surface area contributed by atoms with Crippen LogP contribution in [0.5, 0.6) is 0 Å². The van der Waals surface area contributed by atoms with E-state index in [4.69, 9.17) is 9.15 Å². The summed E-state index contributed by atoms with van der Waals surface area (Å²) in [5.41, 5.74) is 4.72. The van der Waals surface area contributed by atoms with Crippen LogP contribution in [0.4, 0.5) is 5.69 Å². The zero-order valence-corrected chi connectivity index (χ0v) is 21.3. The van der Waals surface area contributed by atoms with Crippen molar-refractivity contribution >= 4 is 32.6 Å². The van der Waals surface area contributed by atoms with E-state index in [1.54, 1.807) is 56.3 Å². The van der Waals surface area contributed by atoms with Gasteiger partial charge in [-0.1, -0.05) is 57.2 Å². The molecule has 0 fully saturated rings. The zero-order chi connectivity index (χ0) is 25.4. The average molecular weight is 492 g/mol. The van der Waals surface area contributed by atoms with Gasteiger partial charge < -0.3 is 9.15 Å². The molecule has 0 amide bonds. The predicted octanol–water partition coefficient (Wildman–Crippen LogP) is 6.68. The third kappa shape index (κ3) is 5.10. The van der Waals surface area contributed by atoms with Gasteiger partial charge in [-0.2, -0.15) is 0 Å². The lowest BCUT2D eigenvalue weighted by Crippen LogP contribution is -2.12. The van der Waals surface area contributed by atoms with Gasteiger partial charge in [0.1, 0.15) is 5.58 Å². The standard InChI is InChI=1S/C28H29NO5S/c1-6-33-27(30)26-18(2)24-17-22(13-16-25(24)34-26)29-35(31,32)23-14-9-20(10-15-23)19-7-11-21(12-8-19)28(3,4)5/h7-17,29H,6H2,1-5H3. The van der Waals surface area contributed by atoms with Crippen LogP contribution >= 0.6 is 0 Å². The minimum atomic E-state index is -3.81. The number of esters is 1. The van der Waals surface area contributed by atoms with Gasteiger partial charge >= 0.3 is 5.97 Å². The van der Waals surface area contributed by atoms with Crippen molar-refractivity contribution in [3.05, 3.63) is 83.6 Å². The van der Waals surface area contributed by atoms with Crippen molar-refractivity contribution in [1.82, 2.24) is 0 Å². The summed E-state index contributed by atoms with van der Waals surface area (Å²) in [6.45, 7) is 10.2. The molecule has 4 aromatic rings. The number of carbonyl (C=O) groups excluding carboxylic acids is 1. The van der Waals surface area contributed by atoms with E-state index in [2.05, 4.69) is 49.8 Å². The normalized spacial score (nSPS) is 12.0. The molecule has 0 aliphatic carbocycles. The number of hydrogen-bond acceptors (Lipinski definition) is 5. The molecule has 0 saturated heterocycles. The van der Waals surface area contributed by atoms with Crippen molar-refractivity contribution in [2.45, 2.75) is 44.9 Å². The SMILES string of the molecule is CCOC(=O)c1oc2ccc(NS(=O)(=O)c3ccc(-c4ccc(C(C)(C)C)cc4)cc3)cc2c1C. The molecule has 0 unspecified atom stereocenters. The van der Waals surface area contributed by atoms with Crippen LogP contribution in [0, 0.1) is 6.92 Å². The van der Waals surface area contributed by atoms with E-state index >= 15 is 0 Å². The maximum Gasteiger partial charge on any atom is 0.374 e. The fourth-order valence-electron chi connectivity index (χ4n) is 3.88. The second-order valence-electron chi connectivity index (χ2n) is 9.44. The first-order valence-electron chi connectivity index (χ1n) is 11.4. The summed E-state index contributed by atoms with van der Waals surface area (Å²) in [6.07, 6.45) is 0. The number of fused-ring (bicyclic) bond motifs is 1. The van der Waals surface area contributed by atoms with E-state index in [0.29, 0.717) is 22.2 Å². The van der Waals surface area contributed by atoms with Crippen molar-refractivity contribution in [2.24, 2.45) is 0 Å². The summed E-state index contributed by atoms with van der Waals surface area (Å²) in [5.74, 6) is -0.426. The highest BCUT2D eigenvalue weighted by molar-refractivity contribution is 7.92. The van der Waals surface area contributed by atoms with Gasteiger partial charge in [0, 0.05) is 16.6 Å². The van der Waals surface area contributed by atoms with Crippen LogP contribution in [0.25, 0.3) is 22.1 Å². The monoisotopic (exact) mass is 491 g/mol. The Bertz CT molecular complexity index is 1480. The van der Waals surface area contributed by atoms with E-state index in [9.17, 15) is 13.2 Å². The number of hydrogen-bond donors (Lipinski definition) is 1. The second kappa shape index (κ2) is 9.23. The Morgan fingerprint density at radius 1 is 0.943 bits per heavy atom. The lowest BCUT2D eigenvalue weighted by molar-refractivity contribution is 0.0491. The molecular formula is C28H29NO5S. The van der Waals surface area contributed by atoms with Crippen LogP contribution in [0.1, 0.15) is 49.4 Å². The van der Waals surface area contributed by atoms with Crippen LogP contribution in [-0.2, 0) is 20.2 Å². The largest absolute Gasteiger partial charge is 0.460 e. The van der Waals surface area contributed by atoms with Crippen molar-refractivity contribution in [2.75, 3.05) is 11.3 Å². The number of anilines is 1. The molecule has 0 bridgehead atoms. The maximum absolute atomic E-state index is 13.0. The number of benzene rings is 3. The summed E-state index contributed by atoms with van der Waals surface area (Å²) in [7, 11) is -3.81. The van der Waals surface area contributed by atoms with Gasteiger partial charge in [-0.15, -0.1) is 0 Å². The Morgan fingerprint density at radius 3 is 2.11 bits per heavy atom. The zero-order valence-electron chi connectivity index (χ0n) is 20.5. The Kier molecular flexibility index (Phi) is 6.47. The molecule has 0 aliphatic rings. The van der Waals surface area contributed by atoms with Gasteiger partial charge in [0.2, 0.25) is 5.76 Å². The summed E-state index contributed by atoms with van der Waals surface area (Å²) in [6, 6.07) is 20.0. The van der Waals surface area contributed by atoms with Crippen LogP contribution in [-0.4, -0.2) is 21.0 Å². The molecule has 0 saturated carbocycles. The average Bonchev–Trinajstić information content (AvgIpc) is 3.15. The van der Waals surface area contributed by atoms with Crippen molar-refractivity contribution in [3.63, 3.8) is 0 Å². The highest BCUT2D eigenvalue weighted by Gasteiger charge is 2.20. The van der Waals surface area contributed by atoms with E-state index in [0.717, 1.165) is 11.1 Å². The molecular weight excluding hydrogens is 462 g/mol. The number of ether oxygens (including phenoxy) is 1. The topological polar surface area (TPSA) is 85.6 Å². The van der Waals surface area contributed by atoms with Gasteiger partial charge in [0.15, 0.2) is 0 Å². The Balaban J connectivity index is 1.56. The predicted molar refractivity (Wildman–Crippen MR) is 138 cm³/mol. The van der Waals surface area contributed by atoms with Crippen molar-refractivity contribution < 1.29 is 22.4 Å². The van der Waals surface area contributed by atoms with E-state index in [-0.39, 0.29) is 22.7 Å². The van der Waals surface area contributed by atoms with E-state index in [1.807, 2.05) is 0 Å². The number of carbonyl (C=O) groups is 1. The smallest absolute Gasteiger partial charge is 0.374 e. The molecule has 6 nitrogen and oxygen atoms in total. The van der Waals surface area contributed by atoms with Crippen LogP contribution in [0.15, 0.2) is 76.0 Å². The lowest BCUT2D eigenvalue weighted by Gasteiger charge is -2.19. The molecule has 4 rings (SSSR count). The molecule has 0 atom stereocenters. The number of nitrogens with one attached hydrogen (secondary N) is 1. The third-order valence-electron chi connectivity index (χ3n) is 5.90. The molecule has 0 radical (unpaired) electrons. The fourth-order valence-corrected chi connectivity index (χ4v) is 4.93. The van der Waals surface area contributed by atoms with Gasteiger partial charge in [0.25, 0.3) is 10.0 Å². The molecule has 3 aromatic carbocycles. The molecule has 35 heavy (non-hydrogen) atoms. The van der Waals surface area contributed by atoms with Crippen LogP contribution in [0.3, 0.4) is 0 Å². The van der Waals surface area contributed by atoms with Crippen molar-refractivity contribution in [3.8, 4) is 11.1 Å². The Morgan fingerprint density at radius 2 is 1.54 bits per heavy atom. The maximum atomic E-state index is 13.0. The van der Waals surface area contributed by atoms with E-state index < -0.39 is 16.0 Å². The second-order valence-corrected chi connectivity index (χ2v) is 11.1. The van der Waals surface area contributed by atoms with Gasteiger partial charge in [-0.25, -0.2) is 13.2 Å². The molecule has 1 aromatic heterocycles. The van der Waals surface area contributed by atoms with E-state index in [1.165, 1.54) is 5.56 Å². The molecule has 1 heterocycles. The highest BCUT2D eigenvalue weighted by atomic mass is 32.2. The summed E-state index contributed by atoms with van der Waals surface area (Å²) >= 11 is 0. The molecule has 0 aliphatic heterocycles. The first kappa shape index (κ1) is 24.5. The fraction of sp³-hybridized carbons (Fsp3) is 0.250. The molecule has 1 N–H and O–H groups in total. The summed E-state index contributed by atoms with van der Waals surface area (Å²) in [4.78, 5) is 12.3. The van der Waals surface area contributed by atoms with Crippen molar-refractivity contribution in [1.29, 1.82) is 0 Å². The molecule has 182 valence electrons. The van der Waals surface area contributed by atoms with Crippen LogP contribution in [0.2, 0.25) is 0 Å². The van der Waals surface area contributed by atoms with Gasteiger partial charge in [-0.05, 0) is 66.3 Å². The first-order chi connectivity index (χ1) is 16.5.